The number of ether oxygens (including phenoxy) is 1. The number of anilines is 2. The fourth-order valence-electron chi connectivity index (χ4n) is 12.8. The molecular weight excluding hydrogens is 1170 g/mol. The lowest BCUT2D eigenvalue weighted by atomic mass is 9.80. The lowest BCUT2D eigenvalue weighted by Gasteiger charge is -2.37. The molecule has 3 aliphatic heterocycles. The van der Waals surface area contributed by atoms with Gasteiger partial charge in [0.2, 0.25) is 21.8 Å². The maximum atomic E-state index is 14.6. The van der Waals surface area contributed by atoms with Crippen molar-refractivity contribution >= 4 is 77.5 Å². The number of fused-ring (bicyclic) bond motifs is 2. The lowest BCUT2D eigenvalue weighted by Crippen LogP contribution is -2.57. The van der Waals surface area contributed by atoms with Crippen LogP contribution in [-0.4, -0.2) is 128 Å². The van der Waals surface area contributed by atoms with Crippen LogP contribution < -0.4 is 25.6 Å². The van der Waals surface area contributed by atoms with Crippen LogP contribution in [0.15, 0.2) is 90.6 Å². The van der Waals surface area contributed by atoms with E-state index < -0.39 is 51.2 Å². The van der Waals surface area contributed by atoms with Crippen LogP contribution >= 0.6 is 22.7 Å². The minimum atomic E-state index is -4.23. The molecule has 20 nitrogen and oxygen atoms in total. The summed E-state index contributed by atoms with van der Waals surface area (Å²) in [6.07, 6.45) is 7.82. The summed E-state index contributed by atoms with van der Waals surface area (Å²) in [7, 11) is -4.23. The zero-order chi connectivity index (χ0) is 61.9. The molecule has 6 N–H and O–H groups in total. The summed E-state index contributed by atoms with van der Waals surface area (Å²) in [6, 6.07) is 23.7. The Morgan fingerprint density at radius 1 is 0.909 bits per heavy atom. The molecule has 3 aromatic carbocycles. The largest absolute Gasteiger partial charge is 0.396 e. The first-order valence-corrected chi connectivity index (χ1v) is 34.1. The second-order valence-corrected chi connectivity index (χ2v) is 28.4. The van der Waals surface area contributed by atoms with Gasteiger partial charge in [-0.3, -0.25) is 34.5 Å². The number of para-hydroxylation sites is 1. The average molecular weight is 1250 g/mol. The molecule has 4 aromatic heterocycles. The first-order chi connectivity index (χ1) is 42.3. The van der Waals surface area contributed by atoms with E-state index in [1.807, 2.05) is 92.2 Å². The molecule has 23 heteroatoms. The van der Waals surface area contributed by atoms with Gasteiger partial charge in [-0.2, -0.15) is 5.10 Å². The number of likely N-dealkylation sites (tertiary alicyclic amines) is 1. The summed E-state index contributed by atoms with van der Waals surface area (Å²) in [5.41, 5.74) is 9.10. The summed E-state index contributed by atoms with van der Waals surface area (Å²) in [5.74, 6) is -1.46. The molecular formula is C65H79N11O9S3. The van der Waals surface area contributed by atoms with E-state index in [1.165, 1.54) is 30.6 Å². The minimum Gasteiger partial charge on any atom is -0.396 e. The molecule has 7 heterocycles. The highest BCUT2D eigenvalue weighted by Gasteiger charge is 2.54. The Hall–Kier alpha value is -6.99. The van der Waals surface area contributed by atoms with E-state index in [0.29, 0.717) is 72.3 Å². The molecule has 1 saturated carbocycles. The van der Waals surface area contributed by atoms with Crippen molar-refractivity contribution < 1.29 is 42.5 Å². The van der Waals surface area contributed by atoms with Crippen molar-refractivity contribution in [3.05, 3.63) is 130 Å². The number of nitrogens with one attached hydrogen (secondary N) is 4. The molecule has 2 saturated heterocycles. The summed E-state index contributed by atoms with van der Waals surface area (Å²) >= 11 is 3.00. The van der Waals surface area contributed by atoms with Crippen LogP contribution in [-0.2, 0) is 43.9 Å². The molecule has 466 valence electrons. The molecule has 4 aliphatic rings. The highest BCUT2D eigenvalue weighted by Crippen LogP contribution is 2.39. The molecule has 0 bridgehead atoms. The van der Waals surface area contributed by atoms with Gasteiger partial charge in [0.1, 0.15) is 29.9 Å². The fraction of sp³-hybridized carbons (Fsp3) is 0.477. The number of sulfonamides is 1. The quantitative estimate of drug-likeness (QED) is 0.0243. The average Bonchev–Trinajstić information content (AvgIpc) is 1.87. The number of thiazole rings is 2. The van der Waals surface area contributed by atoms with Crippen molar-refractivity contribution in [1.29, 1.82) is 0 Å². The summed E-state index contributed by atoms with van der Waals surface area (Å²) < 4.78 is 39.1. The SMILES string of the molecule is Cc1ncsc1-c1ccc([C@H](C)NC2O[C@H]2[C@@H]2C[C@@H](O)CN2C(=O)[C@@H](NC(=O)CCCCCS(=O)(=O)NC(=O)c2nc(N3CCc4cccc(C(=O)Nc5nc6ccccc6s5)c4C3)ccc2-c2cnn(CC3CCCCC3)c2C)C(C)(C)CCO)cc1. The Balaban J connectivity index is 0.721. The van der Waals surface area contributed by atoms with Gasteiger partial charge < -0.3 is 30.1 Å². The maximum absolute atomic E-state index is 14.6. The predicted molar refractivity (Wildman–Crippen MR) is 341 cm³/mol. The summed E-state index contributed by atoms with van der Waals surface area (Å²) in [4.78, 5) is 75.5. The van der Waals surface area contributed by atoms with E-state index in [0.717, 1.165) is 68.1 Å². The van der Waals surface area contributed by atoms with Crippen molar-refractivity contribution in [2.45, 2.75) is 161 Å². The highest BCUT2D eigenvalue weighted by molar-refractivity contribution is 7.90. The Labute approximate surface area is 522 Å². The standard InChI is InChI=1S/C65H79N11O9S3/c1-39(43-22-24-45(25-23-43)58-40(2)66-38-86-58)68-62-57(85-62)52-33-46(78)36-75(52)63(82)59(65(4,5)29-31-77)71-55(79)21-10-7-13-32-88(83,84)73-61(81)56-47(49-34-67-76(41(49)3)35-42-15-8-6-9-16-42)26-27-54(70-56)74-30-28-44-17-14-18-48(50(44)37-74)60(80)72-64-69-51-19-11-12-20-53(51)87-64/h11-12,14,17-20,22-27,34,38-39,42,46,52,57,59,62,68,77-78H,6-10,13,15-16,21,28-33,35-37H2,1-5H3,(H,71,79)(H,73,81)(H,69,72,80)/t39-,46+,52-,57-,59+,62?/m0/s1. The topological polar surface area (TPSA) is 266 Å². The Bertz CT molecular complexity index is 3750. The number of pyridine rings is 1. The number of aryl methyl sites for hydroxylation is 1. The number of aromatic nitrogens is 5. The van der Waals surface area contributed by atoms with Crippen molar-refractivity contribution in [2.24, 2.45) is 11.3 Å². The highest BCUT2D eigenvalue weighted by atomic mass is 32.2. The van der Waals surface area contributed by atoms with Crippen LogP contribution in [0.1, 0.15) is 146 Å². The third-order valence-corrected chi connectivity index (χ3v) is 21.2. The smallest absolute Gasteiger partial charge is 0.284 e. The predicted octanol–water partition coefficient (Wildman–Crippen LogP) is 9.24. The molecule has 7 aromatic rings. The normalized spacial score (nSPS) is 19.5. The number of rotatable bonds is 24. The van der Waals surface area contributed by atoms with Gasteiger partial charge in [-0.25, -0.2) is 28.1 Å². The number of carbonyl (C=O) groups excluding carboxylic acids is 4. The lowest BCUT2D eigenvalue weighted by molar-refractivity contribution is -0.141. The molecule has 11 rings (SSSR count). The number of hydrogen-bond acceptors (Lipinski definition) is 17. The number of carbonyl (C=O) groups is 4. The van der Waals surface area contributed by atoms with Gasteiger partial charge in [0.05, 0.1) is 50.4 Å². The molecule has 88 heavy (non-hydrogen) atoms. The monoisotopic (exact) mass is 1250 g/mol. The zero-order valence-corrected chi connectivity index (χ0v) is 53.0. The summed E-state index contributed by atoms with van der Waals surface area (Å²) in [6.45, 7) is 11.0. The molecule has 0 radical (unpaired) electrons. The van der Waals surface area contributed by atoms with Gasteiger partial charge in [0, 0.05) is 67.6 Å². The van der Waals surface area contributed by atoms with Gasteiger partial charge in [0.25, 0.3) is 11.8 Å². The maximum Gasteiger partial charge on any atom is 0.284 e. The number of epoxide rings is 1. The van der Waals surface area contributed by atoms with E-state index in [2.05, 4.69) is 54.9 Å². The van der Waals surface area contributed by atoms with E-state index in [9.17, 15) is 37.8 Å². The van der Waals surface area contributed by atoms with E-state index in [4.69, 9.17) is 14.8 Å². The molecule has 1 aliphatic carbocycles. The van der Waals surface area contributed by atoms with E-state index in [1.54, 1.807) is 34.6 Å². The molecule has 3 fully saturated rings. The van der Waals surface area contributed by atoms with Gasteiger partial charge >= 0.3 is 0 Å². The van der Waals surface area contributed by atoms with Gasteiger partial charge in [0.15, 0.2) is 5.13 Å². The Kier molecular flexibility index (Phi) is 19.2. The first-order valence-electron chi connectivity index (χ1n) is 30.7. The van der Waals surface area contributed by atoms with Gasteiger partial charge in [-0.1, -0.05) is 99.4 Å². The third kappa shape index (κ3) is 14.4. The van der Waals surface area contributed by atoms with Gasteiger partial charge in [-0.15, -0.1) is 11.3 Å². The Morgan fingerprint density at radius 3 is 2.47 bits per heavy atom. The van der Waals surface area contributed by atoms with Crippen molar-refractivity contribution in [3.63, 3.8) is 0 Å². The van der Waals surface area contributed by atoms with E-state index >= 15 is 0 Å². The van der Waals surface area contributed by atoms with Crippen LogP contribution in [0.5, 0.6) is 0 Å². The van der Waals surface area contributed by atoms with Crippen molar-refractivity contribution in [2.75, 3.05) is 35.7 Å². The number of amides is 4. The number of β-amino-alcohol motifs (C(OH)–C–C–N with tert-alkyl or cyclic N) is 1. The third-order valence-electron chi connectivity index (χ3n) is 18.0. The van der Waals surface area contributed by atoms with Crippen molar-refractivity contribution in [3.8, 4) is 21.6 Å². The van der Waals surface area contributed by atoms with Crippen molar-refractivity contribution in [1.82, 2.24) is 45.0 Å². The number of benzene rings is 3. The van der Waals surface area contributed by atoms with Crippen LogP contribution in [0.4, 0.5) is 10.9 Å². The van der Waals surface area contributed by atoms with Gasteiger partial charge in [-0.05, 0) is 130 Å². The zero-order valence-electron chi connectivity index (χ0n) is 50.5. The molecule has 4 amide bonds. The second-order valence-electron chi connectivity index (χ2n) is 24.7. The molecule has 1 unspecified atom stereocenters. The second kappa shape index (κ2) is 27.0. The van der Waals surface area contributed by atoms with E-state index in [-0.39, 0.29) is 68.3 Å². The van der Waals surface area contributed by atoms with Crippen LogP contribution in [0.2, 0.25) is 0 Å². The number of hydrogen-bond donors (Lipinski definition) is 6. The van der Waals surface area contributed by atoms with Crippen LogP contribution in [0.3, 0.4) is 0 Å². The number of aliphatic hydroxyl groups is 2. The minimum absolute atomic E-state index is 0.0119. The van der Waals surface area contributed by atoms with Crippen LogP contribution in [0.25, 0.3) is 31.8 Å². The molecule has 6 atom stereocenters. The Morgan fingerprint density at radius 2 is 1.70 bits per heavy atom. The first kappa shape index (κ1) is 62.6. The fourth-order valence-corrected chi connectivity index (χ4v) is 15.6. The summed E-state index contributed by atoms with van der Waals surface area (Å²) in [5, 5.41) is 35.8. The number of aliphatic hydroxyl groups excluding tert-OH is 2. The van der Waals surface area contributed by atoms with Crippen LogP contribution in [0, 0.1) is 25.2 Å². The number of nitrogens with zero attached hydrogens (tertiary/aromatic N) is 7. The molecule has 0 spiro atoms. The number of unbranched alkanes of at least 4 members (excludes halogenated alkanes) is 2.